The van der Waals surface area contributed by atoms with Crippen LogP contribution in [0.4, 0.5) is 0 Å². The van der Waals surface area contributed by atoms with Crippen molar-refractivity contribution >= 4 is 22.9 Å². The number of fused-ring (bicyclic) bond motifs is 1. The Bertz CT molecular complexity index is 1070. The van der Waals surface area contributed by atoms with Gasteiger partial charge in [-0.3, -0.25) is 4.79 Å². The Labute approximate surface area is 170 Å². The van der Waals surface area contributed by atoms with Crippen LogP contribution < -0.4 is 5.43 Å². The molecule has 1 N–H and O–H groups in total. The van der Waals surface area contributed by atoms with E-state index in [0.29, 0.717) is 13.2 Å². The molecule has 0 saturated carbocycles. The third-order valence-corrected chi connectivity index (χ3v) is 5.25. The molecule has 3 aromatic rings. The SMILES string of the molecule is Cc1cc(/C=N\NC(=O)CC2(C)OCCO2)c(C)n1-c1cccc2ccccc12. The van der Waals surface area contributed by atoms with Crippen LogP contribution in [0, 0.1) is 13.8 Å². The minimum Gasteiger partial charge on any atom is -0.347 e. The molecule has 4 rings (SSSR count). The summed E-state index contributed by atoms with van der Waals surface area (Å²) in [5.74, 6) is -1.10. The van der Waals surface area contributed by atoms with Gasteiger partial charge in [-0.25, -0.2) is 5.43 Å². The Hall–Kier alpha value is -2.96. The second-order valence-electron chi connectivity index (χ2n) is 7.46. The standard InChI is InChI=1S/C23H25N3O3/c1-16-13-19(15-24-25-22(27)14-23(3)28-11-12-29-23)17(2)26(16)21-10-6-8-18-7-4-5-9-20(18)21/h4-10,13,15H,11-12,14H2,1-3H3,(H,25,27)/b24-15-. The number of hydrogen-bond acceptors (Lipinski definition) is 4. The van der Waals surface area contributed by atoms with Crippen molar-refractivity contribution in [3.8, 4) is 5.69 Å². The van der Waals surface area contributed by atoms with E-state index in [0.717, 1.165) is 22.6 Å². The van der Waals surface area contributed by atoms with Gasteiger partial charge in [0, 0.05) is 22.3 Å². The number of benzene rings is 2. The highest BCUT2D eigenvalue weighted by atomic mass is 16.7. The number of aromatic nitrogens is 1. The van der Waals surface area contributed by atoms with Gasteiger partial charge in [0.1, 0.15) is 0 Å². The van der Waals surface area contributed by atoms with Crippen molar-refractivity contribution in [2.45, 2.75) is 33.0 Å². The van der Waals surface area contributed by atoms with E-state index in [1.54, 1.807) is 13.1 Å². The van der Waals surface area contributed by atoms with E-state index >= 15 is 0 Å². The van der Waals surface area contributed by atoms with Crippen molar-refractivity contribution < 1.29 is 14.3 Å². The highest BCUT2D eigenvalue weighted by Gasteiger charge is 2.33. The molecule has 0 aliphatic carbocycles. The molecule has 0 unspecified atom stereocenters. The van der Waals surface area contributed by atoms with Gasteiger partial charge in [-0.15, -0.1) is 0 Å². The summed E-state index contributed by atoms with van der Waals surface area (Å²) in [5.41, 5.74) is 6.82. The van der Waals surface area contributed by atoms with Gasteiger partial charge in [-0.2, -0.15) is 5.10 Å². The summed E-state index contributed by atoms with van der Waals surface area (Å²) >= 11 is 0. The zero-order valence-electron chi connectivity index (χ0n) is 16.9. The average Bonchev–Trinajstić information content (AvgIpc) is 3.24. The zero-order chi connectivity index (χ0) is 20.4. The number of rotatable bonds is 5. The van der Waals surface area contributed by atoms with Crippen LogP contribution in [0.25, 0.3) is 16.5 Å². The Morgan fingerprint density at radius 2 is 1.90 bits per heavy atom. The first-order chi connectivity index (χ1) is 14.0. The van der Waals surface area contributed by atoms with E-state index in [2.05, 4.69) is 71.4 Å². The predicted octanol–water partition coefficient (Wildman–Crippen LogP) is 3.85. The number of ether oxygens (including phenoxy) is 2. The van der Waals surface area contributed by atoms with Crippen LogP contribution >= 0.6 is 0 Å². The molecule has 1 aliphatic rings. The van der Waals surface area contributed by atoms with E-state index < -0.39 is 5.79 Å². The maximum absolute atomic E-state index is 12.1. The van der Waals surface area contributed by atoms with Gasteiger partial charge in [-0.05, 0) is 38.3 Å². The maximum Gasteiger partial charge on any atom is 0.245 e. The quantitative estimate of drug-likeness (QED) is 0.531. The lowest BCUT2D eigenvalue weighted by molar-refractivity contribution is -0.159. The van der Waals surface area contributed by atoms with Gasteiger partial charge in [0.2, 0.25) is 5.91 Å². The van der Waals surface area contributed by atoms with Crippen LogP contribution in [-0.4, -0.2) is 35.7 Å². The Morgan fingerprint density at radius 1 is 1.17 bits per heavy atom. The Morgan fingerprint density at radius 3 is 2.69 bits per heavy atom. The Kier molecular flexibility index (Phi) is 5.22. The molecule has 6 heteroatoms. The topological polar surface area (TPSA) is 64.8 Å². The molecule has 1 aliphatic heterocycles. The number of aryl methyl sites for hydroxylation is 1. The van der Waals surface area contributed by atoms with Crippen LogP contribution in [0.1, 0.15) is 30.3 Å². The zero-order valence-corrected chi connectivity index (χ0v) is 16.9. The Balaban J connectivity index is 1.54. The second-order valence-corrected chi connectivity index (χ2v) is 7.46. The number of hydrazone groups is 1. The van der Waals surface area contributed by atoms with Crippen molar-refractivity contribution in [2.24, 2.45) is 5.10 Å². The number of nitrogens with zero attached hydrogens (tertiary/aromatic N) is 2. The molecule has 1 saturated heterocycles. The first kappa shape index (κ1) is 19.4. The van der Waals surface area contributed by atoms with Gasteiger partial charge in [-0.1, -0.05) is 36.4 Å². The van der Waals surface area contributed by atoms with Gasteiger partial charge in [0.15, 0.2) is 5.79 Å². The van der Waals surface area contributed by atoms with E-state index in [4.69, 9.17) is 9.47 Å². The third kappa shape index (κ3) is 3.95. The van der Waals surface area contributed by atoms with Crippen LogP contribution in [0.5, 0.6) is 0 Å². The monoisotopic (exact) mass is 391 g/mol. The highest BCUT2D eigenvalue weighted by molar-refractivity contribution is 5.91. The van der Waals surface area contributed by atoms with Gasteiger partial charge < -0.3 is 14.0 Å². The minimum absolute atomic E-state index is 0.110. The van der Waals surface area contributed by atoms with Crippen molar-refractivity contribution in [2.75, 3.05) is 13.2 Å². The smallest absolute Gasteiger partial charge is 0.245 e. The number of carbonyl (C=O) groups excluding carboxylic acids is 1. The molecule has 1 amide bonds. The third-order valence-electron chi connectivity index (χ3n) is 5.25. The van der Waals surface area contributed by atoms with Crippen molar-refractivity contribution in [1.82, 2.24) is 9.99 Å². The molecule has 29 heavy (non-hydrogen) atoms. The summed E-state index contributed by atoms with van der Waals surface area (Å²) in [6.07, 6.45) is 1.79. The van der Waals surface area contributed by atoms with E-state index in [1.807, 2.05) is 6.07 Å². The fourth-order valence-electron chi connectivity index (χ4n) is 3.86. The summed E-state index contributed by atoms with van der Waals surface area (Å²) in [6.45, 7) is 6.90. The molecule has 0 atom stereocenters. The van der Waals surface area contributed by atoms with Crippen LogP contribution in [0.2, 0.25) is 0 Å². The van der Waals surface area contributed by atoms with E-state index in [9.17, 15) is 4.79 Å². The number of carbonyl (C=O) groups is 1. The van der Waals surface area contributed by atoms with E-state index in [1.165, 1.54) is 10.8 Å². The molecule has 0 bridgehead atoms. The molecule has 1 fully saturated rings. The van der Waals surface area contributed by atoms with Crippen molar-refractivity contribution in [3.63, 3.8) is 0 Å². The molecule has 6 nitrogen and oxygen atoms in total. The van der Waals surface area contributed by atoms with Crippen LogP contribution in [0.15, 0.2) is 53.6 Å². The predicted molar refractivity (Wildman–Crippen MR) is 113 cm³/mol. The van der Waals surface area contributed by atoms with E-state index in [-0.39, 0.29) is 12.3 Å². The lowest BCUT2D eigenvalue weighted by atomic mass is 10.1. The number of amides is 1. The normalized spacial score (nSPS) is 16.0. The van der Waals surface area contributed by atoms with Crippen molar-refractivity contribution in [1.29, 1.82) is 0 Å². The molecular formula is C23H25N3O3. The average molecular weight is 391 g/mol. The lowest BCUT2D eigenvalue weighted by Gasteiger charge is -2.20. The molecule has 0 spiro atoms. The molecule has 1 aromatic heterocycles. The fraction of sp³-hybridized carbons (Fsp3) is 0.304. The molecule has 2 aromatic carbocycles. The van der Waals surface area contributed by atoms with Crippen molar-refractivity contribution in [3.05, 3.63) is 65.5 Å². The second kappa shape index (κ2) is 7.81. The molecule has 0 radical (unpaired) electrons. The highest BCUT2D eigenvalue weighted by Crippen LogP contribution is 2.27. The lowest BCUT2D eigenvalue weighted by Crippen LogP contribution is -2.33. The molecular weight excluding hydrogens is 366 g/mol. The summed E-state index contributed by atoms with van der Waals surface area (Å²) < 4.78 is 13.1. The van der Waals surface area contributed by atoms with Crippen LogP contribution in [0.3, 0.4) is 0 Å². The first-order valence-electron chi connectivity index (χ1n) is 9.74. The first-order valence-corrected chi connectivity index (χ1v) is 9.74. The van der Waals surface area contributed by atoms with Gasteiger partial charge in [0.05, 0.1) is 31.5 Å². The largest absolute Gasteiger partial charge is 0.347 e. The summed E-state index contributed by atoms with van der Waals surface area (Å²) in [5, 5.41) is 6.53. The van der Waals surface area contributed by atoms with Crippen LogP contribution in [-0.2, 0) is 14.3 Å². The van der Waals surface area contributed by atoms with Gasteiger partial charge in [0.25, 0.3) is 0 Å². The summed E-state index contributed by atoms with van der Waals surface area (Å²) in [6, 6.07) is 16.7. The number of hydrogen-bond donors (Lipinski definition) is 1. The summed E-state index contributed by atoms with van der Waals surface area (Å²) in [4.78, 5) is 12.1. The summed E-state index contributed by atoms with van der Waals surface area (Å²) in [7, 11) is 0. The van der Waals surface area contributed by atoms with Gasteiger partial charge >= 0.3 is 0 Å². The molecule has 2 heterocycles. The minimum atomic E-state index is -0.857. The number of nitrogens with one attached hydrogen (secondary N) is 1. The fourth-order valence-corrected chi connectivity index (χ4v) is 3.86. The molecule has 150 valence electrons. The maximum atomic E-state index is 12.1.